The predicted octanol–water partition coefficient (Wildman–Crippen LogP) is 2.07. The van der Waals surface area contributed by atoms with Gasteiger partial charge in [0.1, 0.15) is 12.4 Å². The normalized spacial score (nSPS) is 10.7. The first-order chi connectivity index (χ1) is 13.4. The van der Waals surface area contributed by atoms with Crippen LogP contribution in [0.1, 0.15) is 16.7 Å². The predicted molar refractivity (Wildman–Crippen MR) is 104 cm³/mol. The number of rotatable bonds is 5. The summed E-state index contributed by atoms with van der Waals surface area (Å²) in [7, 11) is 0. The van der Waals surface area contributed by atoms with Gasteiger partial charge in [-0.2, -0.15) is 0 Å². The van der Waals surface area contributed by atoms with Crippen LogP contribution in [0, 0.1) is 19.7 Å². The molecule has 0 atom stereocenters. The lowest BCUT2D eigenvalue weighted by Crippen LogP contribution is -2.42. The highest BCUT2D eigenvalue weighted by atomic mass is 19.1. The van der Waals surface area contributed by atoms with Crippen molar-refractivity contribution in [3.05, 3.63) is 98.1 Å². The van der Waals surface area contributed by atoms with Crippen LogP contribution in [0.25, 0.3) is 5.69 Å². The van der Waals surface area contributed by atoms with Crippen molar-refractivity contribution in [2.24, 2.45) is 0 Å². The Hall–Kier alpha value is -3.48. The number of hydrogen-bond acceptors (Lipinski definition) is 3. The summed E-state index contributed by atoms with van der Waals surface area (Å²) in [5.41, 5.74) is 1.64. The van der Waals surface area contributed by atoms with E-state index in [2.05, 4.69) is 5.32 Å². The van der Waals surface area contributed by atoms with Gasteiger partial charge in [-0.25, -0.2) is 4.39 Å². The first-order valence-corrected chi connectivity index (χ1v) is 8.76. The number of carbonyl (C=O) groups is 1. The highest BCUT2D eigenvalue weighted by Crippen LogP contribution is 2.16. The van der Waals surface area contributed by atoms with Crippen molar-refractivity contribution in [3.8, 4) is 5.69 Å². The van der Waals surface area contributed by atoms with Crippen LogP contribution in [-0.2, 0) is 17.9 Å². The number of aryl methyl sites for hydroxylation is 2. The highest BCUT2D eigenvalue weighted by Gasteiger charge is 2.12. The maximum Gasteiger partial charge on any atom is 0.321 e. The highest BCUT2D eigenvalue weighted by molar-refractivity contribution is 5.75. The maximum atomic E-state index is 12.9. The molecule has 1 N–H and O–H groups in total. The molecule has 1 aromatic heterocycles. The fourth-order valence-electron chi connectivity index (χ4n) is 3.01. The molecule has 2 aromatic carbocycles. The third-order valence-corrected chi connectivity index (χ3v) is 4.46. The van der Waals surface area contributed by atoms with Gasteiger partial charge in [0.2, 0.25) is 5.91 Å². The molecule has 0 fully saturated rings. The number of halogens is 1. The number of benzene rings is 2. The molecule has 0 saturated heterocycles. The number of aromatic nitrogens is 2. The Morgan fingerprint density at radius 1 is 0.964 bits per heavy atom. The largest absolute Gasteiger partial charge is 0.350 e. The molecule has 6 nitrogen and oxygen atoms in total. The zero-order valence-corrected chi connectivity index (χ0v) is 15.6. The van der Waals surface area contributed by atoms with E-state index in [1.54, 1.807) is 12.1 Å². The van der Waals surface area contributed by atoms with Crippen molar-refractivity contribution < 1.29 is 9.18 Å². The van der Waals surface area contributed by atoms with Crippen LogP contribution in [0.15, 0.2) is 64.4 Å². The number of para-hydroxylation sites is 1. The molecule has 3 rings (SSSR count). The summed E-state index contributed by atoms with van der Waals surface area (Å²) in [5, 5.41) is 2.65. The first-order valence-electron chi connectivity index (χ1n) is 8.76. The minimum absolute atomic E-state index is 0.202. The van der Waals surface area contributed by atoms with Crippen LogP contribution in [-0.4, -0.2) is 15.0 Å². The molecule has 0 radical (unpaired) electrons. The molecular formula is C21H20FN3O3. The molecule has 0 aliphatic carbocycles. The van der Waals surface area contributed by atoms with Gasteiger partial charge in [-0.15, -0.1) is 0 Å². The van der Waals surface area contributed by atoms with Crippen LogP contribution in [0.4, 0.5) is 4.39 Å². The number of nitrogens with one attached hydrogen (secondary N) is 1. The van der Waals surface area contributed by atoms with E-state index in [1.165, 1.54) is 29.1 Å². The van der Waals surface area contributed by atoms with Gasteiger partial charge in [-0.1, -0.05) is 30.3 Å². The fourth-order valence-corrected chi connectivity index (χ4v) is 3.01. The molecule has 0 aliphatic heterocycles. The van der Waals surface area contributed by atoms with E-state index in [4.69, 9.17) is 0 Å². The molecule has 0 bridgehead atoms. The molecule has 1 amide bonds. The molecule has 0 aliphatic rings. The molecule has 0 saturated carbocycles. The van der Waals surface area contributed by atoms with Gasteiger partial charge in [0, 0.05) is 18.9 Å². The SMILES string of the molecule is Cc1cccc(C)c1-n1ccn(CC(=O)NCc2ccc(F)cc2)c(=O)c1=O. The lowest BCUT2D eigenvalue weighted by Gasteiger charge is -2.13. The summed E-state index contributed by atoms with van der Waals surface area (Å²) in [6.45, 7) is 3.66. The number of hydrogen-bond donors (Lipinski definition) is 1. The van der Waals surface area contributed by atoms with Gasteiger partial charge in [-0.05, 0) is 42.7 Å². The molecule has 1 heterocycles. The minimum atomic E-state index is -0.776. The second-order valence-corrected chi connectivity index (χ2v) is 6.55. The summed E-state index contributed by atoms with van der Waals surface area (Å²) in [4.78, 5) is 37.1. The number of amides is 1. The topological polar surface area (TPSA) is 73.1 Å². The summed E-state index contributed by atoms with van der Waals surface area (Å²) < 4.78 is 15.3. The molecule has 7 heteroatoms. The third-order valence-electron chi connectivity index (χ3n) is 4.46. The van der Waals surface area contributed by atoms with Gasteiger partial charge in [0.25, 0.3) is 0 Å². The quantitative estimate of drug-likeness (QED) is 0.688. The van der Waals surface area contributed by atoms with Crippen molar-refractivity contribution in [1.82, 2.24) is 14.5 Å². The van der Waals surface area contributed by atoms with Crippen molar-refractivity contribution >= 4 is 5.91 Å². The molecule has 28 heavy (non-hydrogen) atoms. The molecule has 3 aromatic rings. The summed E-state index contributed by atoms with van der Waals surface area (Å²) >= 11 is 0. The van der Waals surface area contributed by atoms with E-state index in [1.807, 2.05) is 32.0 Å². The summed E-state index contributed by atoms with van der Waals surface area (Å²) in [6, 6.07) is 11.3. The zero-order chi connectivity index (χ0) is 20.3. The Morgan fingerprint density at radius 2 is 1.61 bits per heavy atom. The van der Waals surface area contributed by atoms with Gasteiger partial charge in [-0.3, -0.25) is 23.5 Å². The van der Waals surface area contributed by atoms with Crippen LogP contribution in [0.5, 0.6) is 0 Å². The van der Waals surface area contributed by atoms with Crippen LogP contribution in [0.2, 0.25) is 0 Å². The van der Waals surface area contributed by atoms with E-state index in [0.29, 0.717) is 5.69 Å². The average molecular weight is 381 g/mol. The Morgan fingerprint density at radius 3 is 2.25 bits per heavy atom. The molecule has 0 unspecified atom stereocenters. The lowest BCUT2D eigenvalue weighted by atomic mass is 10.1. The van der Waals surface area contributed by atoms with Gasteiger partial charge >= 0.3 is 11.1 Å². The van der Waals surface area contributed by atoms with E-state index in [0.717, 1.165) is 21.3 Å². The van der Waals surface area contributed by atoms with Gasteiger partial charge in [0.15, 0.2) is 0 Å². The average Bonchev–Trinajstić information content (AvgIpc) is 2.66. The van der Waals surface area contributed by atoms with Crippen LogP contribution < -0.4 is 16.4 Å². The van der Waals surface area contributed by atoms with E-state index in [9.17, 15) is 18.8 Å². The molecule has 144 valence electrons. The lowest BCUT2D eigenvalue weighted by molar-refractivity contribution is -0.121. The third kappa shape index (κ3) is 4.09. The van der Waals surface area contributed by atoms with Crippen LogP contribution in [0.3, 0.4) is 0 Å². The second-order valence-electron chi connectivity index (χ2n) is 6.55. The van der Waals surface area contributed by atoms with Crippen molar-refractivity contribution in [1.29, 1.82) is 0 Å². The van der Waals surface area contributed by atoms with Crippen molar-refractivity contribution in [2.45, 2.75) is 26.9 Å². The first kappa shape index (κ1) is 19.3. The van der Waals surface area contributed by atoms with Crippen molar-refractivity contribution in [3.63, 3.8) is 0 Å². The van der Waals surface area contributed by atoms with Crippen LogP contribution >= 0.6 is 0 Å². The molecule has 0 spiro atoms. The number of nitrogens with zero attached hydrogens (tertiary/aromatic N) is 2. The van der Waals surface area contributed by atoms with Gasteiger partial charge in [0.05, 0.1) is 5.69 Å². The Bertz CT molecular complexity index is 1110. The van der Waals surface area contributed by atoms with Crippen molar-refractivity contribution in [2.75, 3.05) is 0 Å². The molecular weight excluding hydrogens is 361 g/mol. The van der Waals surface area contributed by atoms with E-state index in [-0.39, 0.29) is 18.9 Å². The van der Waals surface area contributed by atoms with Gasteiger partial charge < -0.3 is 5.32 Å². The monoisotopic (exact) mass is 381 g/mol. The zero-order valence-electron chi connectivity index (χ0n) is 15.6. The smallest absolute Gasteiger partial charge is 0.321 e. The maximum absolute atomic E-state index is 12.9. The second kappa shape index (κ2) is 8.04. The Balaban J connectivity index is 1.78. The summed E-state index contributed by atoms with van der Waals surface area (Å²) in [6.07, 6.45) is 2.92. The minimum Gasteiger partial charge on any atom is -0.350 e. The fraction of sp³-hybridized carbons (Fsp3) is 0.190. The standard InChI is InChI=1S/C21H20FN3O3/c1-14-4-3-5-15(2)19(14)25-11-10-24(20(27)21(25)28)13-18(26)23-12-16-6-8-17(22)9-7-16/h3-11H,12-13H2,1-2H3,(H,23,26). The Labute approximate surface area is 160 Å². The van der Waals surface area contributed by atoms with E-state index >= 15 is 0 Å². The van der Waals surface area contributed by atoms with E-state index < -0.39 is 17.0 Å². The summed E-state index contributed by atoms with van der Waals surface area (Å²) in [5.74, 6) is -0.776. The number of carbonyl (C=O) groups excluding carboxylic acids is 1. The Kier molecular flexibility index (Phi) is 5.54.